The third-order valence-corrected chi connectivity index (χ3v) is 11.7. The first-order valence-corrected chi connectivity index (χ1v) is 14.0. The van der Waals surface area contributed by atoms with Crippen LogP contribution in [0.4, 0.5) is 0 Å². The van der Waals surface area contributed by atoms with E-state index in [1.807, 2.05) is 5.57 Å². The second kappa shape index (κ2) is 8.08. The fourth-order valence-corrected chi connectivity index (χ4v) is 9.84. The Balaban J connectivity index is 1.25. The summed E-state index contributed by atoms with van der Waals surface area (Å²) < 4.78 is 7.05. The van der Waals surface area contributed by atoms with E-state index in [-0.39, 0.29) is 5.60 Å². The van der Waals surface area contributed by atoms with E-state index in [1.165, 1.54) is 63.5 Å². The zero-order valence-corrected chi connectivity index (χ0v) is 21.7. The van der Waals surface area contributed by atoms with Crippen LogP contribution in [-0.4, -0.2) is 37.1 Å². The molecule has 2 aliphatic heterocycles. The van der Waals surface area contributed by atoms with E-state index in [1.54, 1.807) is 12.7 Å². The predicted octanol–water partition coefficient (Wildman–Crippen LogP) is 6.11. The molecule has 33 heavy (non-hydrogen) atoms. The molecule has 6 rings (SSSR count). The SMILES string of the molecule is CO/N=C1\CC[C@@]2(C)[C@H](CC[C@H]3[C@@H]4CC[C@@]5(CC(C)=C4C[C@@H]32)O[C@@H]2C[C@H](C)CN[C@H]2[C@H]5C)C1. The van der Waals surface area contributed by atoms with Crippen molar-refractivity contribution >= 4 is 5.71 Å². The van der Waals surface area contributed by atoms with Gasteiger partial charge in [-0.05, 0) is 113 Å². The Bertz CT molecular complexity index is 851. The molecule has 0 bridgehead atoms. The molecule has 4 nitrogen and oxygen atoms in total. The average Bonchev–Trinajstić information content (AvgIpc) is 3.24. The van der Waals surface area contributed by atoms with Crippen LogP contribution in [0.25, 0.3) is 0 Å². The largest absolute Gasteiger partial charge is 0.399 e. The molecule has 1 spiro atoms. The maximum Gasteiger partial charge on any atom is 0.106 e. The first-order valence-electron chi connectivity index (χ1n) is 14.0. The van der Waals surface area contributed by atoms with E-state index in [4.69, 9.17) is 9.57 Å². The van der Waals surface area contributed by atoms with Crippen LogP contribution in [0.3, 0.4) is 0 Å². The minimum atomic E-state index is 0.0702. The number of nitrogens with one attached hydrogen (secondary N) is 1. The van der Waals surface area contributed by atoms with E-state index < -0.39 is 0 Å². The van der Waals surface area contributed by atoms with Gasteiger partial charge in [0.1, 0.15) is 7.11 Å². The third kappa shape index (κ3) is 3.40. The Kier molecular flexibility index (Phi) is 5.53. The molecule has 0 aromatic rings. The highest BCUT2D eigenvalue weighted by molar-refractivity contribution is 5.85. The Morgan fingerprint density at radius 3 is 2.79 bits per heavy atom. The smallest absolute Gasteiger partial charge is 0.106 e. The summed E-state index contributed by atoms with van der Waals surface area (Å²) >= 11 is 0. The lowest BCUT2D eigenvalue weighted by molar-refractivity contribution is -0.0734. The Hall–Kier alpha value is -0.870. The van der Waals surface area contributed by atoms with Gasteiger partial charge in [-0.15, -0.1) is 0 Å². The number of rotatable bonds is 1. The van der Waals surface area contributed by atoms with E-state index in [0.29, 0.717) is 23.5 Å². The topological polar surface area (TPSA) is 42.9 Å². The van der Waals surface area contributed by atoms with Gasteiger partial charge in [0.25, 0.3) is 0 Å². The van der Waals surface area contributed by atoms with E-state index in [9.17, 15) is 0 Å². The molecule has 184 valence electrons. The van der Waals surface area contributed by atoms with E-state index in [2.05, 4.69) is 38.2 Å². The van der Waals surface area contributed by atoms with Crippen LogP contribution in [0, 0.1) is 40.9 Å². The summed E-state index contributed by atoms with van der Waals surface area (Å²) in [5, 5.41) is 8.23. The lowest BCUT2D eigenvalue weighted by Gasteiger charge is -2.52. The molecule has 4 aliphatic carbocycles. The van der Waals surface area contributed by atoms with Crippen LogP contribution in [0.1, 0.15) is 91.9 Å². The molecule has 4 heteroatoms. The van der Waals surface area contributed by atoms with Gasteiger partial charge >= 0.3 is 0 Å². The molecule has 0 radical (unpaired) electrons. The van der Waals surface area contributed by atoms with Crippen LogP contribution < -0.4 is 5.32 Å². The maximum absolute atomic E-state index is 7.05. The zero-order chi connectivity index (χ0) is 23.0. The van der Waals surface area contributed by atoms with Crippen molar-refractivity contribution in [2.24, 2.45) is 46.1 Å². The quantitative estimate of drug-likeness (QED) is 0.384. The van der Waals surface area contributed by atoms with E-state index in [0.717, 1.165) is 42.6 Å². The number of oxime groups is 1. The Morgan fingerprint density at radius 2 is 1.97 bits per heavy atom. The zero-order valence-electron chi connectivity index (χ0n) is 21.7. The van der Waals surface area contributed by atoms with Crippen molar-refractivity contribution in [1.29, 1.82) is 0 Å². The standard InChI is InChI=1S/C29H46N2O2/c1-17-12-26-27(30-16-17)19(3)29(33-26)11-9-22-23-7-6-20-13-21(31-32-5)8-10-28(20,4)25(23)14-24(22)18(2)15-29/h17,19-20,22-23,25-27,30H,6-16H2,1-5H3/b31-21+/t17-,19+,20+,22-,23-,25-,26+,27-,28-,29-/m0/s1. The molecule has 10 atom stereocenters. The van der Waals surface area contributed by atoms with Crippen molar-refractivity contribution in [3.05, 3.63) is 11.1 Å². The molecular weight excluding hydrogens is 408 g/mol. The van der Waals surface area contributed by atoms with Crippen molar-refractivity contribution in [2.45, 2.75) is 110 Å². The number of hydrogen-bond acceptors (Lipinski definition) is 4. The molecule has 2 heterocycles. The summed E-state index contributed by atoms with van der Waals surface area (Å²) in [5.41, 5.74) is 5.41. The van der Waals surface area contributed by atoms with Crippen molar-refractivity contribution in [1.82, 2.24) is 5.32 Å². The Labute approximate surface area is 201 Å². The third-order valence-electron chi connectivity index (χ3n) is 11.7. The monoisotopic (exact) mass is 454 g/mol. The molecule has 0 unspecified atom stereocenters. The van der Waals surface area contributed by atoms with Crippen molar-refractivity contribution in [3.63, 3.8) is 0 Å². The summed E-state index contributed by atoms with van der Waals surface area (Å²) in [6.45, 7) is 11.1. The summed E-state index contributed by atoms with van der Waals surface area (Å²) in [5.74, 6) is 4.72. The van der Waals surface area contributed by atoms with Crippen molar-refractivity contribution in [3.8, 4) is 0 Å². The van der Waals surface area contributed by atoms with Gasteiger partial charge in [0.05, 0.1) is 17.4 Å². The average molecular weight is 455 g/mol. The summed E-state index contributed by atoms with van der Waals surface area (Å²) in [7, 11) is 1.70. The van der Waals surface area contributed by atoms with Gasteiger partial charge in [-0.3, -0.25) is 0 Å². The molecule has 2 saturated heterocycles. The van der Waals surface area contributed by atoms with Crippen LogP contribution in [0.5, 0.6) is 0 Å². The molecule has 1 N–H and O–H groups in total. The van der Waals surface area contributed by atoms with E-state index >= 15 is 0 Å². The van der Waals surface area contributed by atoms with Gasteiger partial charge in [-0.25, -0.2) is 0 Å². The van der Waals surface area contributed by atoms with Gasteiger partial charge in [0.15, 0.2) is 0 Å². The van der Waals surface area contributed by atoms with Gasteiger partial charge < -0.3 is 14.9 Å². The molecule has 0 amide bonds. The van der Waals surface area contributed by atoms with Gasteiger partial charge in [0.2, 0.25) is 0 Å². The molecular formula is C29H46N2O2. The fraction of sp³-hybridized carbons (Fsp3) is 0.897. The van der Waals surface area contributed by atoms with Gasteiger partial charge in [-0.1, -0.05) is 37.1 Å². The number of allylic oxidation sites excluding steroid dienone is 1. The Morgan fingerprint density at radius 1 is 1.12 bits per heavy atom. The van der Waals surface area contributed by atoms with Crippen molar-refractivity contribution < 1.29 is 9.57 Å². The molecule has 6 aliphatic rings. The lowest BCUT2D eigenvalue weighted by Crippen LogP contribution is -2.48. The normalized spacial score (nSPS) is 52.8. The van der Waals surface area contributed by atoms with Crippen LogP contribution in [0.15, 0.2) is 16.3 Å². The first-order chi connectivity index (χ1) is 15.8. The fourth-order valence-electron chi connectivity index (χ4n) is 9.84. The molecule has 0 aromatic heterocycles. The summed E-state index contributed by atoms with van der Waals surface area (Å²) in [6.07, 6.45) is 13.2. The maximum atomic E-state index is 7.05. The minimum Gasteiger partial charge on any atom is -0.399 e. The minimum absolute atomic E-state index is 0.0702. The molecule has 5 fully saturated rings. The van der Waals surface area contributed by atoms with Crippen LogP contribution in [-0.2, 0) is 9.57 Å². The second-order valence-corrected chi connectivity index (χ2v) is 13.2. The number of hydrogen-bond donors (Lipinski definition) is 1. The number of nitrogens with zero attached hydrogens (tertiary/aromatic N) is 1. The summed E-state index contributed by atoms with van der Waals surface area (Å²) in [6, 6.07) is 0.559. The van der Waals surface area contributed by atoms with Crippen LogP contribution in [0.2, 0.25) is 0 Å². The highest BCUT2D eigenvalue weighted by atomic mass is 16.6. The highest BCUT2D eigenvalue weighted by Gasteiger charge is 2.59. The molecule has 0 aromatic carbocycles. The molecule has 3 saturated carbocycles. The number of ether oxygens (including phenoxy) is 1. The predicted molar refractivity (Wildman–Crippen MR) is 133 cm³/mol. The van der Waals surface area contributed by atoms with Gasteiger partial charge in [0, 0.05) is 12.0 Å². The highest BCUT2D eigenvalue weighted by Crippen LogP contribution is 2.65. The second-order valence-electron chi connectivity index (χ2n) is 13.2. The van der Waals surface area contributed by atoms with Crippen LogP contribution >= 0.6 is 0 Å². The number of piperidine rings is 1. The van der Waals surface area contributed by atoms with Crippen molar-refractivity contribution in [2.75, 3.05) is 13.7 Å². The first kappa shape index (κ1) is 22.6. The number of fused-ring (bicyclic) bond motifs is 6. The lowest BCUT2D eigenvalue weighted by atomic mass is 9.52. The summed E-state index contributed by atoms with van der Waals surface area (Å²) in [4.78, 5) is 5.15. The van der Waals surface area contributed by atoms with Gasteiger partial charge in [-0.2, -0.15) is 0 Å².